The van der Waals surface area contributed by atoms with E-state index in [-0.39, 0.29) is 11.8 Å². The van der Waals surface area contributed by atoms with Gasteiger partial charge in [0.2, 0.25) is 5.91 Å². The third-order valence-corrected chi connectivity index (χ3v) is 5.35. The van der Waals surface area contributed by atoms with Crippen molar-refractivity contribution >= 4 is 22.7 Å². The summed E-state index contributed by atoms with van der Waals surface area (Å²) in [7, 11) is 1.56. The molecular formula is C27H25N3O3. The van der Waals surface area contributed by atoms with E-state index >= 15 is 0 Å². The highest BCUT2D eigenvalue weighted by Crippen LogP contribution is 2.17. The van der Waals surface area contributed by atoms with Crippen LogP contribution in [0.15, 0.2) is 91.1 Å². The van der Waals surface area contributed by atoms with Gasteiger partial charge in [-0.25, -0.2) is 0 Å². The van der Waals surface area contributed by atoms with Crippen molar-refractivity contribution in [1.82, 2.24) is 15.6 Å². The van der Waals surface area contributed by atoms with Crippen molar-refractivity contribution in [2.75, 3.05) is 7.05 Å². The molecule has 33 heavy (non-hydrogen) atoms. The molecule has 0 aliphatic rings. The summed E-state index contributed by atoms with van der Waals surface area (Å²) in [4.78, 5) is 29.6. The van der Waals surface area contributed by atoms with E-state index in [2.05, 4.69) is 15.6 Å². The first-order valence-corrected chi connectivity index (χ1v) is 10.8. The van der Waals surface area contributed by atoms with Crippen molar-refractivity contribution in [1.29, 1.82) is 0 Å². The molecule has 0 bridgehead atoms. The number of rotatable bonds is 8. The Morgan fingerprint density at radius 3 is 2.45 bits per heavy atom. The van der Waals surface area contributed by atoms with Gasteiger partial charge in [0, 0.05) is 30.6 Å². The maximum atomic E-state index is 12.8. The molecule has 2 amide bonds. The number of fused-ring (bicyclic) bond motifs is 1. The summed E-state index contributed by atoms with van der Waals surface area (Å²) in [5, 5.41) is 6.43. The average Bonchev–Trinajstić information content (AvgIpc) is 2.87. The first-order valence-electron chi connectivity index (χ1n) is 10.8. The van der Waals surface area contributed by atoms with E-state index in [4.69, 9.17) is 4.74 Å². The highest BCUT2D eigenvalue weighted by atomic mass is 16.5. The second-order valence-electron chi connectivity index (χ2n) is 7.67. The number of aromatic nitrogens is 1. The third-order valence-electron chi connectivity index (χ3n) is 5.35. The zero-order valence-corrected chi connectivity index (χ0v) is 18.3. The second kappa shape index (κ2) is 10.4. The Kier molecular flexibility index (Phi) is 6.95. The van der Waals surface area contributed by atoms with Gasteiger partial charge >= 0.3 is 0 Å². The predicted octanol–water partition coefficient (Wildman–Crippen LogP) is 3.90. The van der Waals surface area contributed by atoms with Crippen LogP contribution >= 0.6 is 0 Å². The molecule has 4 rings (SSSR count). The number of hydrogen-bond donors (Lipinski definition) is 2. The Labute approximate surface area is 192 Å². The molecule has 4 aromatic rings. The first kappa shape index (κ1) is 22.0. The minimum atomic E-state index is -0.710. The molecule has 1 atom stereocenters. The lowest BCUT2D eigenvalue weighted by molar-refractivity contribution is -0.122. The van der Waals surface area contributed by atoms with Gasteiger partial charge in [-0.2, -0.15) is 0 Å². The SMILES string of the molecule is CNC(=O)C(Cc1ccc(OCc2ccccc2)cc1)NC(=O)c1ccc2cccnc2c1. The van der Waals surface area contributed by atoms with Crippen LogP contribution in [0.5, 0.6) is 5.75 Å². The largest absolute Gasteiger partial charge is 0.489 e. The fourth-order valence-corrected chi connectivity index (χ4v) is 3.53. The summed E-state index contributed by atoms with van der Waals surface area (Å²) in [6.45, 7) is 0.484. The van der Waals surface area contributed by atoms with E-state index in [0.29, 0.717) is 18.6 Å². The standard InChI is InChI=1S/C27H25N3O3/c1-28-27(32)25(30-26(31)22-12-11-21-8-5-15-29-24(21)17-22)16-19-9-13-23(14-10-19)33-18-20-6-3-2-4-7-20/h2-15,17,25H,16,18H2,1H3,(H,28,32)(H,30,31). The van der Waals surface area contributed by atoms with Crippen molar-refractivity contribution < 1.29 is 14.3 Å². The number of amides is 2. The third kappa shape index (κ3) is 5.74. The molecule has 0 fully saturated rings. The van der Waals surface area contributed by atoms with Crippen LogP contribution < -0.4 is 15.4 Å². The predicted molar refractivity (Wildman–Crippen MR) is 128 cm³/mol. The van der Waals surface area contributed by atoms with Gasteiger partial charge in [-0.1, -0.05) is 54.6 Å². The van der Waals surface area contributed by atoms with Crippen molar-refractivity contribution in [3.05, 3.63) is 108 Å². The van der Waals surface area contributed by atoms with E-state index in [1.54, 1.807) is 25.4 Å². The van der Waals surface area contributed by atoms with Crippen LogP contribution in [0.25, 0.3) is 10.9 Å². The van der Waals surface area contributed by atoms with Crippen LogP contribution in [0, 0.1) is 0 Å². The Morgan fingerprint density at radius 1 is 0.909 bits per heavy atom. The molecule has 1 heterocycles. The van der Waals surface area contributed by atoms with Crippen molar-refractivity contribution in [2.45, 2.75) is 19.1 Å². The van der Waals surface area contributed by atoms with E-state index in [1.165, 1.54) is 0 Å². The molecule has 1 aromatic heterocycles. The van der Waals surface area contributed by atoms with Crippen LogP contribution in [0.3, 0.4) is 0 Å². The van der Waals surface area contributed by atoms with E-state index in [1.807, 2.05) is 72.8 Å². The monoisotopic (exact) mass is 439 g/mol. The van der Waals surface area contributed by atoms with Crippen LogP contribution in [-0.4, -0.2) is 29.9 Å². The fraction of sp³-hybridized carbons (Fsp3) is 0.148. The number of pyridine rings is 1. The highest BCUT2D eigenvalue weighted by Gasteiger charge is 2.21. The molecule has 166 valence electrons. The maximum Gasteiger partial charge on any atom is 0.252 e. The number of carbonyl (C=O) groups excluding carboxylic acids is 2. The minimum absolute atomic E-state index is 0.258. The molecule has 2 N–H and O–H groups in total. The molecule has 3 aromatic carbocycles. The van der Waals surface area contributed by atoms with E-state index in [9.17, 15) is 9.59 Å². The normalized spacial score (nSPS) is 11.5. The topological polar surface area (TPSA) is 80.3 Å². The van der Waals surface area contributed by atoms with Crippen molar-refractivity contribution in [3.8, 4) is 5.75 Å². The molecule has 0 radical (unpaired) electrons. The summed E-state index contributed by atoms with van der Waals surface area (Å²) in [5.74, 6) is 0.164. The zero-order chi connectivity index (χ0) is 23.0. The van der Waals surface area contributed by atoms with Crippen LogP contribution in [-0.2, 0) is 17.8 Å². The van der Waals surface area contributed by atoms with Gasteiger partial charge in [0.05, 0.1) is 5.52 Å². The van der Waals surface area contributed by atoms with Gasteiger partial charge in [-0.15, -0.1) is 0 Å². The van der Waals surface area contributed by atoms with Crippen LogP contribution in [0.2, 0.25) is 0 Å². The smallest absolute Gasteiger partial charge is 0.252 e. The molecule has 6 heteroatoms. The van der Waals surface area contributed by atoms with Crippen LogP contribution in [0.4, 0.5) is 0 Å². The highest BCUT2D eigenvalue weighted by molar-refractivity contribution is 6.00. The number of nitrogens with one attached hydrogen (secondary N) is 2. The lowest BCUT2D eigenvalue weighted by Crippen LogP contribution is -2.47. The summed E-state index contributed by atoms with van der Waals surface area (Å²) in [6.07, 6.45) is 2.04. The number of carbonyl (C=O) groups is 2. The second-order valence-corrected chi connectivity index (χ2v) is 7.67. The summed E-state index contributed by atoms with van der Waals surface area (Å²) >= 11 is 0. The maximum absolute atomic E-state index is 12.8. The van der Waals surface area contributed by atoms with E-state index in [0.717, 1.165) is 27.8 Å². The molecule has 1 unspecified atom stereocenters. The quantitative estimate of drug-likeness (QED) is 0.436. The van der Waals surface area contributed by atoms with Gasteiger partial charge in [-0.05, 0) is 41.5 Å². The molecule has 0 aliphatic heterocycles. The summed E-state index contributed by atoms with van der Waals surface area (Å²) in [6, 6.07) is 25.9. The number of hydrogen-bond acceptors (Lipinski definition) is 4. The molecule has 0 saturated carbocycles. The number of ether oxygens (including phenoxy) is 1. The Morgan fingerprint density at radius 2 is 1.70 bits per heavy atom. The lowest BCUT2D eigenvalue weighted by Gasteiger charge is -2.18. The molecule has 0 spiro atoms. The zero-order valence-electron chi connectivity index (χ0n) is 18.3. The summed E-state index contributed by atoms with van der Waals surface area (Å²) < 4.78 is 5.82. The number of nitrogens with zero attached hydrogens (tertiary/aromatic N) is 1. The van der Waals surface area contributed by atoms with Gasteiger partial charge < -0.3 is 15.4 Å². The van der Waals surface area contributed by atoms with Crippen molar-refractivity contribution in [3.63, 3.8) is 0 Å². The first-order chi connectivity index (χ1) is 16.1. The Balaban J connectivity index is 1.41. The molecule has 6 nitrogen and oxygen atoms in total. The number of likely N-dealkylation sites (N-methyl/N-ethyl adjacent to an activating group) is 1. The number of benzene rings is 3. The van der Waals surface area contributed by atoms with Gasteiger partial charge in [0.25, 0.3) is 5.91 Å². The molecule has 0 aliphatic carbocycles. The van der Waals surface area contributed by atoms with E-state index < -0.39 is 6.04 Å². The Bertz CT molecular complexity index is 1240. The van der Waals surface area contributed by atoms with Gasteiger partial charge in [0.1, 0.15) is 18.4 Å². The lowest BCUT2D eigenvalue weighted by atomic mass is 10.0. The minimum Gasteiger partial charge on any atom is -0.489 e. The molecular weight excluding hydrogens is 414 g/mol. The van der Waals surface area contributed by atoms with Gasteiger partial charge in [-0.3, -0.25) is 14.6 Å². The summed E-state index contributed by atoms with van der Waals surface area (Å²) in [5.41, 5.74) is 3.19. The van der Waals surface area contributed by atoms with Crippen LogP contribution in [0.1, 0.15) is 21.5 Å². The van der Waals surface area contributed by atoms with Gasteiger partial charge in [0.15, 0.2) is 0 Å². The molecule has 0 saturated heterocycles. The average molecular weight is 440 g/mol. The Hall–Kier alpha value is -4.19. The fourth-order valence-electron chi connectivity index (χ4n) is 3.53. The van der Waals surface area contributed by atoms with Crippen molar-refractivity contribution in [2.24, 2.45) is 0 Å².